The lowest BCUT2D eigenvalue weighted by Crippen LogP contribution is -2.37. The quantitative estimate of drug-likeness (QED) is 0.586. The Bertz CT molecular complexity index is 779. The third-order valence-electron chi connectivity index (χ3n) is 3.93. The monoisotopic (exact) mass is 358 g/mol. The average molecular weight is 358 g/mol. The smallest absolute Gasteiger partial charge is 0.319 e. The molecule has 138 valence electrons. The Hall–Kier alpha value is -3.13. The zero-order valence-corrected chi connectivity index (χ0v) is 14.9. The third kappa shape index (κ3) is 4.70. The predicted octanol–water partition coefficient (Wildman–Crippen LogP) is 3.03. The average Bonchev–Trinajstić information content (AvgIpc) is 2.62. The Balaban J connectivity index is 2.08. The summed E-state index contributed by atoms with van der Waals surface area (Å²) >= 11 is 0. The molecule has 1 atom stereocenters. The fraction of sp³-hybridized carbons (Fsp3) is 0.278. The molecule has 0 unspecified atom stereocenters. The highest BCUT2D eigenvalue weighted by Gasteiger charge is 2.20. The molecule has 0 aromatic heterocycles. The minimum Gasteiger partial charge on any atom is -0.496 e. The second-order valence-electron chi connectivity index (χ2n) is 5.83. The van der Waals surface area contributed by atoms with Gasteiger partial charge in [0.15, 0.2) is 0 Å². The number of methoxy groups -OCH3 is 1. The van der Waals surface area contributed by atoms with Crippen LogP contribution in [-0.2, 0) is 0 Å². The van der Waals surface area contributed by atoms with Gasteiger partial charge in [-0.2, -0.15) is 0 Å². The van der Waals surface area contributed by atoms with Crippen LogP contribution in [0.3, 0.4) is 0 Å². The van der Waals surface area contributed by atoms with E-state index in [0.717, 1.165) is 11.3 Å². The van der Waals surface area contributed by atoms with E-state index in [2.05, 4.69) is 10.6 Å². The van der Waals surface area contributed by atoms with E-state index >= 15 is 0 Å². The van der Waals surface area contributed by atoms with Crippen molar-refractivity contribution in [1.82, 2.24) is 10.2 Å². The number of ether oxygens (including phenoxy) is 1. The Kier molecular flexibility index (Phi) is 6.51. The van der Waals surface area contributed by atoms with Gasteiger partial charge < -0.3 is 20.3 Å². The van der Waals surface area contributed by atoms with E-state index in [1.54, 1.807) is 19.2 Å². The van der Waals surface area contributed by atoms with Crippen LogP contribution in [0.2, 0.25) is 0 Å². The van der Waals surface area contributed by atoms with Crippen molar-refractivity contribution < 1.29 is 14.5 Å². The van der Waals surface area contributed by atoms with Crippen molar-refractivity contribution in [1.29, 1.82) is 0 Å². The van der Waals surface area contributed by atoms with Crippen molar-refractivity contribution in [3.8, 4) is 5.75 Å². The van der Waals surface area contributed by atoms with Gasteiger partial charge in [0.05, 0.1) is 18.1 Å². The Labute approximate surface area is 151 Å². The molecule has 8 heteroatoms. The number of benzene rings is 2. The molecule has 0 fully saturated rings. The summed E-state index contributed by atoms with van der Waals surface area (Å²) < 4.78 is 5.39. The molecular weight excluding hydrogens is 336 g/mol. The van der Waals surface area contributed by atoms with Gasteiger partial charge in [-0.05, 0) is 26.2 Å². The molecule has 0 saturated carbocycles. The van der Waals surface area contributed by atoms with Crippen LogP contribution < -0.4 is 15.4 Å². The molecule has 0 heterocycles. The lowest BCUT2D eigenvalue weighted by Gasteiger charge is -2.26. The maximum atomic E-state index is 12.2. The minimum absolute atomic E-state index is 0.123. The van der Waals surface area contributed by atoms with Crippen molar-refractivity contribution in [2.24, 2.45) is 0 Å². The number of nitro benzene ring substituents is 1. The van der Waals surface area contributed by atoms with E-state index in [9.17, 15) is 14.9 Å². The maximum Gasteiger partial charge on any atom is 0.319 e. The number of likely N-dealkylation sites (N-methyl/N-ethyl adjacent to an activating group) is 1. The zero-order chi connectivity index (χ0) is 19.1. The van der Waals surface area contributed by atoms with Gasteiger partial charge in [-0.3, -0.25) is 10.1 Å². The van der Waals surface area contributed by atoms with Gasteiger partial charge >= 0.3 is 6.03 Å². The summed E-state index contributed by atoms with van der Waals surface area (Å²) in [4.78, 5) is 24.7. The number of amides is 2. The van der Waals surface area contributed by atoms with Crippen LogP contribution in [0.25, 0.3) is 0 Å². The van der Waals surface area contributed by atoms with Crippen molar-refractivity contribution in [2.45, 2.75) is 6.04 Å². The van der Waals surface area contributed by atoms with E-state index in [-0.39, 0.29) is 17.4 Å². The summed E-state index contributed by atoms with van der Waals surface area (Å²) in [6, 6.07) is 12.9. The second-order valence-corrected chi connectivity index (χ2v) is 5.83. The van der Waals surface area contributed by atoms with Crippen LogP contribution in [0.4, 0.5) is 16.2 Å². The number of hydrogen-bond acceptors (Lipinski definition) is 5. The molecule has 0 aliphatic rings. The third-order valence-corrected chi connectivity index (χ3v) is 3.93. The molecule has 2 N–H and O–H groups in total. The van der Waals surface area contributed by atoms with E-state index in [4.69, 9.17) is 4.74 Å². The molecule has 0 spiro atoms. The summed E-state index contributed by atoms with van der Waals surface area (Å²) in [5.41, 5.74) is 0.927. The summed E-state index contributed by atoms with van der Waals surface area (Å²) in [5, 5.41) is 16.3. The van der Waals surface area contributed by atoms with Crippen LogP contribution in [0.1, 0.15) is 11.6 Å². The fourth-order valence-corrected chi connectivity index (χ4v) is 2.61. The number of nitrogens with zero attached hydrogens (tertiary/aromatic N) is 2. The number of rotatable bonds is 7. The lowest BCUT2D eigenvalue weighted by atomic mass is 10.0. The number of anilines is 1. The van der Waals surface area contributed by atoms with Crippen molar-refractivity contribution in [3.63, 3.8) is 0 Å². The van der Waals surface area contributed by atoms with E-state index in [0.29, 0.717) is 6.54 Å². The first-order valence-corrected chi connectivity index (χ1v) is 8.01. The minimum atomic E-state index is -0.535. The van der Waals surface area contributed by atoms with E-state index in [1.807, 2.05) is 43.3 Å². The fourth-order valence-electron chi connectivity index (χ4n) is 2.61. The molecule has 0 saturated heterocycles. The number of nitrogens with one attached hydrogen (secondary N) is 2. The Morgan fingerprint density at radius 2 is 1.85 bits per heavy atom. The van der Waals surface area contributed by atoms with E-state index in [1.165, 1.54) is 12.1 Å². The Morgan fingerprint density at radius 1 is 1.19 bits per heavy atom. The molecule has 2 aromatic carbocycles. The first-order valence-electron chi connectivity index (χ1n) is 8.01. The number of urea groups is 1. The van der Waals surface area contributed by atoms with Gasteiger partial charge in [0, 0.05) is 18.2 Å². The first-order chi connectivity index (χ1) is 12.4. The molecule has 2 aromatic rings. The van der Waals surface area contributed by atoms with Gasteiger partial charge in [-0.1, -0.05) is 30.3 Å². The maximum absolute atomic E-state index is 12.2. The SMILES string of the molecule is COc1ccccc1[C@H](CNC(=O)Nc1ccccc1[N+](=O)[O-])N(C)C. The first kappa shape index (κ1) is 19.2. The molecule has 0 bridgehead atoms. The molecule has 26 heavy (non-hydrogen) atoms. The zero-order valence-electron chi connectivity index (χ0n) is 14.9. The molecule has 2 amide bonds. The van der Waals surface area contributed by atoms with Crippen molar-refractivity contribution in [2.75, 3.05) is 33.1 Å². The lowest BCUT2D eigenvalue weighted by molar-refractivity contribution is -0.383. The van der Waals surface area contributed by atoms with Gasteiger partial charge in [-0.25, -0.2) is 4.79 Å². The molecular formula is C18H22N4O4. The number of nitro groups is 1. The van der Waals surface area contributed by atoms with Crippen LogP contribution in [0.15, 0.2) is 48.5 Å². The topological polar surface area (TPSA) is 96.7 Å². The Morgan fingerprint density at radius 3 is 2.50 bits per heavy atom. The summed E-state index contributed by atoms with van der Waals surface area (Å²) in [6.45, 7) is 0.305. The number of carbonyl (C=O) groups excluding carboxylic acids is 1. The molecule has 8 nitrogen and oxygen atoms in total. The van der Waals surface area contributed by atoms with Crippen LogP contribution in [-0.4, -0.2) is 43.6 Å². The number of carbonyl (C=O) groups is 1. The van der Waals surface area contributed by atoms with Gasteiger partial charge in [0.2, 0.25) is 0 Å². The molecule has 0 aliphatic carbocycles. The highest BCUT2D eigenvalue weighted by molar-refractivity contribution is 5.91. The molecule has 2 rings (SSSR count). The molecule has 0 radical (unpaired) electrons. The van der Waals surface area contributed by atoms with Gasteiger partial charge in [-0.15, -0.1) is 0 Å². The van der Waals surface area contributed by atoms with Crippen molar-refractivity contribution in [3.05, 3.63) is 64.2 Å². The normalized spacial score (nSPS) is 11.7. The second kappa shape index (κ2) is 8.82. The summed E-state index contributed by atoms with van der Waals surface area (Å²) in [6.07, 6.45) is 0. The van der Waals surface area contributed by atoms with Gasteiger partial charge in [0.1, 0.15) is 11.4 Å². The molecule has 0 aliphatic heterocycles. The number of hydrogen-bond donors (Lipinski definition) is 2. The van der Waals surface area contributed by atoms with Crippen LogP contribution >= 0.6 is 0 Å². The van der Waals surface area contributed by atoms with E-state index < -0.39 is 11.0 Å². The van der Waals surface area contributed by atoms with Crippen LogP contribution in [0, 0.1) is 10.1 Å². The highest BCUT2D eigenvalue weighted by Crippen LogP contribution is 2.27. The summed E-state index contributed by atoms with van der Waals surface area (Å²) in [5.74, 6) is 0.729. The van der Waals surface area contributed by atoms with Crippen molar-refractivity contribution >= 4 is 17.4 Å². The summed E-state index contributed by atoms with van der Waals surface area (Å²) in [7, 11) is 5.40. The largest absolute Gasteiger partial charge is 0.496 e. The highest BCUT2D eigenvalue weighted by atomic mass is 16.6. The number of para-hydroxylation sites is 3. The van der Waals surface area contributed by atoms with Crippen LogP contribution in [0.5, 0.6) is 5.75 Å². The standard InChI is InChI=1S/C18H22N4O4/c1-21(2)16(13-8-4-7-11-17(13)26-3)12-19-18(23)20-14-9-5-6-10-15(14)22(24)25/h4-11,16H,12H2,1-3H3,(H2,19,20,23)/t16-/m0/s1. The van der Waals surface area contributed by atoms with Gasteiger partial charge in [0.25, 0.3) is 5.69 Å². The predicted molar refractivity (Wildman–Crippen MR) is 99.5 cm³/mol.